The number of unbranched alkanes of at least 4 members (excludes halogenated alkanes) is 1. The van der Waals surface area contributed by atoms with Crippen LogP contribution in [0, 0.1) is 11.8 Å². The van der Waals surface area contributed by atoms with Crippen molar-refractivity contribution in [2.24, 2.45) is 34.8 Å². The number of aromatic nitrogens is 1. The van der Waals surface area contributed by atoms with Crippen LogP contribution >= 0.6 is 28.1 Å². The second kappa shape index (κ2) is 33.0. The van der Waals surface area contributed by atoms with Crippen LogP contribution in [0.2, 0.25) is 0 Å². The number of carboxylic acid groups (broad SMARTS) is 3. The highest BCUT2D eigenvalue weighted by Gasteiger charge is 2.31. The maximum absolute atomic E-state index is 14.1. The summed E-state index contributed by atoms with van der Waals surface area (Å²) >= 11 is 9.02. The molecule has 2 aromatic rings. The first kappa shape index (κ1) is 63.9. The molecule has 15 N–H and O–H groups in total. The first-order valence-corrected chi connectivity index (χ1v) is 27.0. The normalized spacial score (nSPS) is 18.9. The van der Waals surface area contributed by atoms with E-state index in [0.29, 0.717) is 101 Å². The monoisotopic (exact) mass is 1170 g/mol. The summed E-state index contributed by atoms with van der Waals surface area (Å²) in [4.78, 5) is 123. The number of hydrogen-bond acceptors (Lipinski definition) is 15. The standard InChI is InChI=1S/C50H75BrN14O12S/c51-40-14-8-34(25-56-40)26-65(16-2-1-3-38(47(73)74)59-49(77)60-39(48(75)76)13-15-45(70)71)46(72)35-9-4-33(5-10-35)24-57-50(78)58-36-11-6-32(7-12-36)23-37-27-63(30-43(54)68)20-19-61(28-41(52)66)17-18-62(29-42(53)67)21-22-64(37)31-44(55)69/h6-8,11-12,14,25,33,35,37-39H,1-5,9-10,13,15-24,26-31H2,(H2,52,66)(H2,53,67)(H2,54,68)(H2,55,69)(H,70,71)(H,73,74)(H,75,76)(H2,57,58,78)(H2,59,60,77)/t33?,35?,37?,38-,39-/m0/s1. The molecule has 2 heterocycles. The van der Waals surface area contributed by atoms with E-state index in [0.717, 1.165) is 29.7 Å². The Morgan fingerprint density at radius 2 is 1.23 bits per heavy atom. The van der Waals surface area contributed by atoms with Gasteiger partial charge in [0.25, 0.3) is 0 Å². The van der Waals surface area contributed by atoms with Crippen LogP contribution in [0.4, 0.5) is 10.5 Å². The number of aliphatic carboxylic acids is 3. The van der Waals surface area contributed by atoms with Crippen molar-refractivity contribution in [2.45, 2.75) is 88.9 Å². The molecule has 0 spiro atoms. The lowest BCUT2D eigenvalue weighted by molar-refractivity contribution is -0.141. The minimum Gasteiger partial charge on any atom is -0.481 e. The van der Waals surface area contributed by atoms with Gasteiger partial charge in [0.2, 0.25) is 29.5 Å². The van der Waals surface area contributed by atoms with Gasteiger partial charge in [0, 0.05) is 95.7 Å². The van der Waals surface area contributed by atoms with Crippen molar-refractivity contribution in [1.29, 1.82) is 0 Å². The number of nitrogens with zero attached hydrogens (tertiary/aromatic N) is 6. The van der Waals surface area contributed by atoms with Gasteiger partial charge in [0.1, 0.15) is 16.7 Å². The van der Waals surface area contributed by atoms with E-state index in [4.69, 9.17) is 40.3 Å². The van der Waals surface area contributed by atoms with Crippen LogP contribution < -0.4 is 44.2 Å². The van der Waals surface area contributed by atoms with Crippen molar-refractivity contribution in [1.82, 2.24) is 45.4 Å². The molecule has 2 fully saturated rings. The molecule has 4 rings (SSSR count). The molecule has 430 valence electrons. The van der Waals surface area contributed by atoms with Gasteiger partial charge >= 0.3 is 23.9 Å². The van der Waals surface area contributed by atoms with E-state index in [-0.39, 0.29) is 69.4 Å². The molecular formula is C50H75BrN14O12S. The highest BCUT2D eigenvalue weighted by molar-refractivity contribution is 9.10. The fourth-order valence-electron chi connectivity index (χ4n) is 9.53. The Kier molecular flexibility index (Phi) is 27.0. The van der Waals surface area contributed by atoms with Crippen LogP contribution in [0.1, 0.15) is 68.9 Å². The number of amides is 7. The Morgan fingerprint density at radius 3 is 1.77 bits per heavy atom. The van der Waals surface area contributed by atoms with Crippen molar-refractivity contribution in [3.8, 4) is 0 Å². The number of hydrogen-bond donors (Lipinski definition) is 11. The third kappa shape index (κ3) is 24.4. The van der Waals surface area contributed by atoms with Crippen LogP contribution in [0.5, 0.6) is 0 Å². The number of rotatable bonds is 28. The van der Waals surface area contributed by atoms with Gasteiger partial charge in [-0.2, -0.15) is 0 Å². The molecule has 2 aliphatic rings. The summed E-state index contributed by atoms with van der Waals surface area (Å²) < 4.78 is 0.634. The Morgan fingerprint density at radius 1 is 0.692 bits per heavy atom. The maximum atomic E-state index is 14.1. The number of anilines is 1. The van der Waals surface area contributed by atoms with Crippen LogP contribution in [-0.4, -0.2) is 207 Å². The number of carbonyl (C=O) groups is 9. The zero-order valence-corrected chi connectivity index (χ0v) is 46.1. The van der Waals surface area contributed by atoms with Crippen LogP contribution in [0.3, 0.4) is 0 Å². The number of thiocarbonyl (C=S) groups is 1. The number of halogens is 1. The highest BCUT2D eigenvalue weighted by Crippen LogP contribution is 2.31. The van der Waals surface area contributed by atoms with E-state index >= 15 is 0 Å². The number of pyridine rings is 1. The number of primary amides is 4. The molecule has 1 unspecified atom stereocenters. The van der Waals surface area contributed by atoms with E-state index in [2.05, 4.69) is 42.2 Å². The van der Waals surface area contributed by atoms with Crippen molar-refractivity contribution in [3.63, 3.8) is 0 Å². The molecule has 1 aliphatic heterocycles. The van der Waals surface area contributed by atoms with Gasteiger partial charge in [0.15, 0.2) is 5.11 Å². The van der Waals surface area contributed by atoms with Gasteiger partial charge in [0.05, 0.1) is 26.2 Å². The van der Waals surface area contributed by atoms with Gasteiger partial charge in [-0.25, -0.2) is 19.4 Å². The largest absolute Gasteiger partial charge is 0.481 e. The predicted octanol–water partition coefficient (Wildman–Crippen LogP) is -0.720. The first-order valence-electron chi connectivity index (χ1n) is 25.8. The zero-order chi connectivity index (χ0) is 57.3. The lowest BCUT2D eigenvalue weighted by Crippen LogP contribution is -2.54. The number of carbonyl (C=O) groups excluding carboxylic acids is 6. The third-order valence-corrected chi connectivity index (χ3v) is 14.3. The Bertz CT molecular complexity index is 2370. The maximum Gasteiger partial charge on any atom is 0.326 e. The number of nitrogens with one attached hydrogen (secondary N) is 4. The fraction of sp³-hybridized carbons (Fsp3) is 0.580. The van der Waals surface area contributed by atoms with Gasteiger partial charge in [-0.15, -0.1) is 0 Å². The Labute approximate surface area is 466 Å². The quantitative estimate of drug-likeness (QED) is 0.0284. The summed E-state index contributed by atoms with van der Waals surface area (Å²) in [6, 6.07) is 6.98. The molecule has 26 nitrogen and oxygen atoms in total. The summed E-state index contributed by atoms with van der Waals surface area (Å²) in [5.74, 6) is -6.22. The summed E-state index contributed by atoms with van der Waals surface area (Å²) in [5.41, 5.74) is 25.0. The molecule has 1 aliphatic carbocycles. The molecule has 1 aromatic heterocycles. The minimum absolute atomic E-state index is 0.0131. The van der Waals surface area contributed by atoms with Crippen LogP contribution in [0.25, 0.3) is 0 Å². The molecule has 1 aromatic carbocycles. The number of nitrogens with two attached hydrogens (primary N) is 4. The molecule has 1 saturated carbocycles. The van der Waals surface area contributed by atoms with Crippen molar-refractivity contribution in [3.05, 3.63) is 58.3 Å². The summed E-state index contributed by atoms with van der Waals surface area (Å²) in [7, 11) is 0. The highest BCUT2D eigenvalue weighted by atomic mass is 79.9. The fourth-order valence-corrected chi connectivity index (χ4v) is 9.96. The number of urea groups is 1. The second-order valence-electron chi connectivity index (χ2n) is 19.8. The van der Waals surface area contributed by atoms with E-state index in [9.17, 15) is 53.4 Å². The molecule has 0 bridgehead atoms. The van der Waals surface area contributed by atoms with E-state index in [1.807, 2.05) is 49.9 Å². The summed E-state index contributed by atoms with van der Waals surface area (Å²) in [5, 5.41) is 39.4. The molecule has 78 heavy (non-hydrogen) atoms. The number of carboxylic acids is 3. The molecule has 28 heteroatoms. The average molecular weight is 1180 g/mol. The van der Waals surface area contributed by atoms with E-state index < -0.39 is 66.1 Å². The molecule has 1 saturated heterocycles. The van der Waals surface area contributed by atoms with Gasteiger partial charge < -0.3 is 64.4 Å². The minimum atomic E-state index is -1.53. The van der Waals surface area contributed by atoms with Crippen LogP contribution in [0.15, 0.2) is 47.2 Å². The summed E-state index contributed by atoms with van der Waals surface area (Å²) in [6.07, 6.45) is 4.72. The lowest BCUT2D eigenvalue weighted by Gasteiger charge is -2.38. The average Bonchev–Trinajstić information content (AvgIpc) is 3.37. The summed E-state index contributed by atoms with van der Waals surface area (Å²) in [6.45, 7) is 3.50. The van der Waals surface area contributed by atoms with E-state index in [1.54, 1.807) is 17.2 Å². The number of benzene rings is 1. The SMILES string of the molecule is NC(=O)CN1CCN(CC(N)=O)CCN(CC(N)=O)C(Cc2ccc(NC(=S)NCC3CCC(C(=O)N(CCCC[C@H](NC(=O)N[C@@H](CCC(=O)O)C(=O)O)C(=O)O)Cc4ccc(Br)nc4)CC3)cc2)CN(CC(N)=O)CC1. The smallest absolute Gasteiger partial charge is 0.326 e. The molecule has 0 radical (unpaired) electrons. The van der Waals surface area contributed by atoms with Gasteiger partial charge in [-0.1, -0.05) is 18.2 Å². The first-order chi connectivity index (χ1) is 37.0. The van der Waals surface area contributed by atoms with Crippen molar-refractivity contribution in [2.75, 3.05) is 90.4 Å². The topological polar surface area (TPSA) is 396 Å². The van der Waals surface area contributed by atoms with Crippen molar-refractivity contribution >= 4 is 92.4 Å². The van der Waals surface area contributed by atoms with Crippen molar-refractivity contribution < 1.29 is 58.5 Å². The zero-order valence-electron chi connectivity index (χ0n) is 43.7. The molecule has 7 amide bonds. The molecular weight excluding hydrogens is 1100 g/mol. The van der Waals surface area contributed by atoms with E-state index in [1.165, 1.54) is 0 Å². The molecule has 3 atom stereocenters. The Hall–Kier alpha value is -6.59. The van der Waals surface area contributed by atoms with Gasteiger partial charge in [-0.3, -0.25) is 48.4 Å². The Balaban J connectivity index is 1.33. The van der Waals surface area contributed by atoms with Crippen LogP contribution in [-0.2, 0) is 51.3 Å². The third-order valence-electron chi connectivity index (χ3n) is 13.6. The van der Waals surface area contributed by atoms with Gasteiger partial charge in [-0.05, 0) is 121 Å². The lowest BCUT2D eigenvalue weighted by atomic mass is 9.81. The second-order valence-corrected chi connectivity index (χ2v) is 21.0. The predicted molar refractivity (Wildman–Crippen MR) is 294 cm³/mol.